The van der Waals surface area contributed by atoms with Gasteiger partial charge in [-0.1, -0.05) is 22.0 Å². The van der Waals surface area contributed by atoms with E-state index in [4.69, 9.17) is 4.74 Å². The van der Waals surface area contributed by atoms with Crippen molar-refractivity contribution >= 4 is 15.9 Å². The third-order valence-electron chi connectivity index (χ3n) is 2.45. The van der Waals surface area contributed by atoms with Gasteiger partial charge in [0.05, 0.1) is 0 Å². The number of aliphatic hydroxyl groups excluding tert-OH is 1. The molecule has 1 rings (SSSR count). The van der Waals surface area contributed by atoms with Crippen LogP contribution in [0.1, 0.15) is 26.3 Å². The molecule has 0 radical (unpaired) electrons. The summed E-state index contributed by atoms with van der Waals surface area (Å²) in [6, 6.07) is 5.87. The molecule has 1 aromatic rings. The minimum absolute atomic E-state index is 0.00662. The molecule has 0 amide bonds. The van der Waals surface area contributed by atoms with Crippen molar-refractivity contribution in [1.29, 1.82) is 0 Å². The van der Waals surface area contributed by atoms with Crippen molar-refractivity contribution in [3.63, 3.8) is 0 Å². The Hall–Kier alpha value is -0.580. The quantitative estimate of drug-likeness (QED) is 0.878. The first-order valence-corrected chi connectivity index (χ1v) is 6.89. The molecule has 4 heteroatoms. The molecule has 102 valence electrons. The Morgan fingerprint density at radius 2 is 2.06 bits per heavy atom. The summed E-state index contributed by atoms with van der Waals surface area (Å²) in [5, 5.41) is 13.1. The van der Waals surface area contributed by atoms with Gasteiger partial charge in [-0.3, -0.25) is 0 Å². The lowest BCUT2D eigenvalue weighted by molar-refractivity contribution is 0.0997. The Balaban J connectivity index is 2.42. The topological polar surface area (TPSA) is 41.5 Å². The molecule has 18 heavy (non-hydrogen) atoms. The summed E-state index contributed by atoms with van der Waals surface area (Å²) < 4.78 is 6.60. The smallest absolute Gasteiger partial charge is 0.123 e. The summed E-state index contributed by atoms with van der Waals surface area (Å²) >= 11 is 3.41. The normalized spacial score (nSPS) is 13.4. The van der Waals surface area contributed by atoms with E-state index in [-0.39, 0.29) is 5.54 Å². The van der Waals surface area contributed by atoms with E-state index in [1.54, 1.807) is 0 Å². The first kappa shape index (κ1) is 15.5. The Morgan fingerprint density at radius 3 is 2.67 bits per heavy atom. The maximum Gasteiger partial charge on any atom is 0.123 e. The van der Waals surface area contributed by atoms with E-state index in [2.05, 4.69) is 42.0 Å². The average molecular weight is 316 g/mol. The van der Waals surface area contributed by atoms with Crippen LogP contribution >= 0.6 is 15.9 Å². The molecule has 1 aromatic carbocycles. The third-order valence-corrected chi connectivity index (χ3v) is 2.94. The Morgan fingerprint density at radius 1 is 1.39 bits per heavy atom. The van der Waals surface area contributed by atoms with Crippen molar-refractivity contribution in [2.45, 2.75) is 39.3 Å². The summed E-state index contributed by atoms with van der Waals surface area (Å²) in [6.07, 6.45) is -0.511. The highest BCUT2D eigenvalue weighted by Gasteiger charge is 2.13. The van der Waals surface area contributed by atoms with Gasteiger partial charge in [0.1, 0.15) is 18.5 Å². The first-order chi connectivity index (χ1) is 8.28. The minimum atomic E-state index is -0.511. The van der Waals surface area contributed by atoms with Gasteiger partial charge in [0.15, 0.2) is 0 Å². The van der Waals surface area contributed by atoms with Gasteiger partial charge in [0.2, 0.25) is 0 Å². The highest BCUT2D eigenvalue weighted by Crippen LogP contribution is 2.22. The number of hydrogen-bond donors (Lipinski definition) is 2. The second-order valence-electron chi connectivity index (χ2n) is 5.51. The molecule has 1 atom stereocenters. The van der Waals surface area contributed by atoms with E-state index >= 15 is 0 Å². The molecule has 0 heterocycles. The molecule has 0 aliphatic heterocycles. The standard InChI is InChI=1S/C14H22BrNO2/c1-10-5-6-11(15)7-13(10)18-9-12(17)8-16-14(2,3)4/h5-7,12,16-17H,8-9H2,1-4H3. The van der Waals surface area contributed by atoms with Crippen LogP contribution < -0.4 is 10.1 Å². The molecule has 0 fully saturated rings. The van der Waals surface area contributed by atoms with Crippen LogP contribution in [0.4, 0.5) is 0 Å². The van der Waals surface area contributed by atoms with E-state index < -0.39 is 6.10 Å². The van der Waals surface area contributed by atoms with E-state index in [0.717, 1.165) is 15.8 Å². The summed E-state index contributed by atoms with van der Waals surface area (Å²) in [5.41, 5.74) is 1.07. The number of hydrogen-bond acceptors (Lipinski definition) is 3. The van der Waals surface area contributed by atoms with Crippen LogP contribution in [0.15, 0.2) is 22.7 Å². The van der Waals surface area contributed by atoms with Crippen molar-refractivity contribution < 1.29 is 9.84 Å². The van der Waals surface area contributed by atoms with Crippen molar-refractivity contribution in [3.8, 4) is 5.75 Å². The van der Waals surface area contributed by atoms with Crippen LogP contribution in [0.5, 0.6) is 5.75 Å². The van der Waals surface area contributed by atoms with E-state index in [1.807, 2.05) is 25.1 Å². The van der Waals surface area contributed by atoms with Gasteiger partial charge in [-0.2, -0.15) is 0 Å². The summed E-state index contributed by atoms with van der Waals surface area (Å²) in [4.78, 5) is 0. The van der Waals surface area contributed by atoms with Gasteiger partial charge < -0.3 is 15.2 Å². The largest absolute Gasteiger partial charge is 0.491 e. The molecule has 0 aliphatic rings. The number of rotatable bonds is 5. The molecule has 0 aromatic heterocycles. The average Bonchev–Trinajstić information content (AvgIpc) is 2.26. The Bertz CT molecular complexity index is 388. The fraction of sp³-hybridized carbons (Fsp3) is 0.571. The lowest BCUT2D eigenvalue weighted by Gasteiger charge is -2.23. The van der Waals surface area contributed by atoms with Gasteiger partial charge in [-0.05, 0) is 45.4 Å². The maximum atomic E-state index is 9.83. The molecule has 3 nitrogen and oxygen atoms in total. The molecule has 0 spiro atoms. The number of halogens is 1. The second kappa shape index (κ2) is 6.55. The van der Waals surface area contributed by atoms with Crippen molar-refractivity contribution in [3.05, 3.63) is 28.2 Å². The molecule has 0 bridgehead atoms. The molecule has 2 N–H and O–H groups in total. The van der Waals surface area contributed by atoms with Crippen LogP contribution in [0.3, 0.4) is 0 Å². The zero-order chi connectivity index (χ0) is 13.8. The van der Waals surface area contributed by atoms with Crippen LogP contribution in [0.25, 0.3) is 0 Å². The third kappa shape index (κ3) is 5.85. The van der Waals surface area contributed by atoms with Crippen LogP contribution in [0, 0.1) is 6.92 Å². The van der Waals surface area contributed by atoms with Gasteiger partial charge in [0, 0.05) is 16.6 Å². The highest BCUT2D eigenvalue weighted by atomic mass is 79.9. The van der Waals surface area contributed by atoms with Crippen molar-refractivity contribution in [2.75, 3.05) is 13.2 Å². The number of nitrogens with one attached hydrogen (secondary N) is 1. The molecular formula is C14H22BrNO2. The number of aryl methyl sites for hydroxylation is 1. The second-order valence-corrected chi connectivity index (χ2v) is 6.42. The zero-order valence-corrected chi connectivity index (χ0v) is 13.0. The van der Waals surface area contributed by atoms with Gasteiger partial charge in [-0.15, -0.1) is 0 Å². The SMILES string of the molecule is Cc1ccc(Br)cc1OCC(O)CNC(C)(C)C. The van der Waals surface area contributed by atoms with Crippen molar-refractivity contribution in [1.82, 2.24) is 5.32 Å². The fourth-order valence-corrected chi connectivity index (χ4v) is 1.74. The van der Waals surface area contributed by atoms with Gasteiger partial charge in [0.25, 0.3) is 0 Å². The predicted octanol–water partition coefficient (Wildman–Crippen LogP) is 2.89. The molecule has 0 saturated heterocycles. The van der Waals surface area contributed by atoms with E-state index in [9.17, 15) is 5.11 Å². The van der Waals surface area contributed by atoms with Gasteiger partial charge in [-0.25, -0.2) is 0 Å². The summed E-state index contributed by atoms with van der Waals surface area (Å²) in [5.74, 6) is 0.805. The first-order valence-electron chi connectivity index (χ1n) is 6.10. The fourth-order valence-electron chi connectivity index (χ4n) is 1.40. The van der Waals surface area contributed by atoms with E-state index in [0.29, 0.717) is 13.2 Å². The number of aliphatic hydroxyl groups is 1. The number of β-amino-alcohol motifs (C(OH)–C–C–N with tert-alkyl or cyclic N) is 1. The highest BCUT2D eigenvalue weighted by molar-refractivity contribution is 9.10. The minimum Gasteiger partial charge on any atom is -0.491 e. The Kier molecular flexibility index (Phi) is 5.63. The predicted molar refractivity (Wildman–Crippen MR) is 78.1 cm³/mol. The zero-order valence-electron chi connectivity index (χ0n) is 11.5. The summed E-state index contributed by atoms with van der Waals surface area (Å²) in [7, 11) is 0. The van der Waals surface area contributed by atoms with Crippen LogP contribution in [-0.4, -0.2) is 29.9 Å². The maximum absolute atomic E-state index is 9.83. The van der Waals surface area contributed by atoms with E-state index in [1.165, 1.54) is 0 Å². The van der Waals surface area contributed by atoms with Crippen LogP contribution in [0.2, 0.25) is 0 Å². The molecule has 0 saturated carbocycles. The molecule has 1 unspecified atom stereocenters. The molecular weight excluding hydrogens is 294 g/mol. The number of benzene rings is 1. The lowest BCUT2D eigenvalue weighted by Crippen LogP contribution is -2.42. The van der Waals surface area contributed by atoms with Gasteiger partial charge >= 0.3 is 0 Å². The lowest BCUT2D eigenvalue weighted by atomic mass is 10.1. The molecule has 0 aliphatic carbocycles. The van der Waals surface area contributed by atoms with Crippen LogP contribution in [-0.2, 0) is 0 Å². The summed E-state index contributed by atoms with van der Waals surface area (Å²) in [6.45, 7) is 9.01. The Labute approximate surface area is 118 Å². The monoisotopic (exact) mass is 315 g/mol. The van der Waals surface area contributed by atoms with Crippen molar-refractivity contribution in [2.24, 2.45) is 0 Å². The number of ether oxygens (including phenoxy) is 1.